The van der Waals surface area contributed by atoms with Gasteiger partial charge >= 0.3 is 5.97 Å². The van der Waals surface area contributed by atoms with Gasteiger partial charge in [0, 0.05) is 6.42 Å². The van der Waals surface area contributed by atoms with Crippen LogP contribution in [-0.2, 0) is 4.79 Å². The molecule has 0 radical (unpaired) electrons. The van der Waals surface area contributed by atoms with E-state index in [0.29, 0.717) is 6.42 Å². The summed E-state index contributed by atoms with van der Waals surface area (Å²) in [6, 6.07) is 0. The van der Waals surface area contributed by atoms with Gasteiger partial charge in [0.05, 0.1) is 0 Å². The van der Waals surface area contributed by atoms with Crippen LogP contribution in [-0.4, -0.2) is 11.1 Å². The Hall–Kier alpha value is -0.530. The lowest BCUT2D eigenvalue weighted by Gasteiger charge is -2.03. The summed E-state index contributed by atoms with van der Waals surface area (Å²) in [5.74, 6) is -0.651. The number of carboxylic acids is 1. The van der Waals surface area contributed by atoms with Crippen molar-refractivity contribution in [3.63, 3.8) is 0 Å². The largest absolute Gasteiger partial charge is 0.481 e. The van der Waals surface area contributed by atoms with Crippen LogP contribution in [0.2, 0.25) is 0 Å². The number of carbonyl (C=O) groups is 1. The molecular formula is C35H72O2. The lowest BCUT2D eigenvalue weighted by molar-refractivity contribution is -0.137. The summed E-state index contributed by atoms with van der Waals surface area (Å²) in [5, 5.41) is 8.56. The van der Waals surface area contributed by atoms with E-state index in [4.69, 9.17) is 5.11 Å². The maximum absolute atomic E-state index is 10.4. The molecule has 0 aromatic heterocycles. The van der Waals surface area contributed by atoms with Gasteiger partial charge in [-0.1, -0.05) is 207 Å². The zero-order valence-electron chi connectivity index (χ0n) is 26.3. The van der Waals surface area contributed by atoms with E-state index < -0.39 is 5.97 Å². The molecule has 0 saturated heterocycles. The van der Waals surface area contributed by atoms with E-state index >= 15 is 0 Å². The molecule has 0 aromatic carbocycles. The van der Waals surface area contributed by atoms with Gasteiger partial charge in [0.1, 0.15) is 0 Å². The van der Waals surface area contributed by atoms with Crippen molar-refractivity contribution in [1.82, 2.24) is 0 Å². The Bertz CT molecular complexity index is 383. The molecule has 0 bridgehead atoms. The standard InChI is InChI=1S/C22H44O2.C13H28/c1-2-3-4-5-6-7-8-9-10-11-12-13-14-15-16-17-18-19-20-21-22(23)24;1-3-5-7-9-11-13-12-10-8-6-4-2/h2-21H2,1H3,(H,23,24);3-13H2,1-2H3. The third-order valence-corrected chi connectivity index (χ3v) is 7.70. The van der Waals surface area contributed by atoms with Crippen molar-refractivity contribution in [2.75, 3.05) is 0 Å². The van der Waals surface area contributed by atoms with Gasteiger partial charge in [-0.3, -0.25) is 4.79 Å². The first-order chi connectivity index (χ1) is 18.2. The first-order valence-corrected chi connectivity index (χ1v) is 17.4. The Labute approximate surface area is 235 Å². The number of hydrogen-bond acceptors (Lipinski definition) is 1. The summed E-state index contributed by atoms with van der Waals surface area (Å²) in [6.45, 7) is 6.85. The summed E-state index contributed by atoms with van der Waals surface area (Å²) in [7, 11) is 0. The Balaban J connectivity index is 0. The fraction of sp³-hybridized carbons (Fsp3) is 0.971. The molecule has 0 aliphatic rings. The minimum Gasteiger partial charge on any atom is -0.481 e. The van der Waals surface area contributed by atoms with Crippen molar-refractivity contribution in [2.24, 2.45) is 0 Å². The van der Waals surface area contributed by atoms with Gasteiger partial charge in [0.2, 0.25) is 0 Å². The zero-order chi connectivity index (χ0) is 27.5. The summed E-state index contributed by atoms with van der Waals surface area (Å²) >= 11 is 0. The topological polar surface area (TPSA) is 37.3 Å². The van der Waals surface area contributed by atoms with Gasteiger partial charge in [-0.15, -0.1) is 0 Å². The second-order valence-corrected chi connectivity index (χ2v) is 11.7. The number of aliphatic carboxylic acids is 1. The normalized spacial score (nSPS) is 10.9. The average Bonchev–Trinajstić information content (AvgIpc) is 2.89. The molecule has 0 aromatic rings. The molecule has 0 amide bonds. The summed E-state index contributed by atoms with van der Waals surface area (Å²) in [5.41, 5.74) is 0. The van der Waals surface area contributed by atoms with Crippen molar-refractivity contribution < 1.29 is 9.90 Å². The summed E-state index contributed by atoms with van der Waals surface area (Å²) in [6.07, 6.45) is 42.0. The molecule has 1 N–H and O–H groups in total. The summed E-state index contributed by atoms with van der Waals surface area (Å²) < 4.78 is 0. The highest BCUT2D eigenvalue weighted by Crippen LogP contribution is 2.15. The monoisotopic (exact) mass is 525 g/mol. The molecule has 224 valence electrons. The van der Waals surface area contributed by atoms with Crippen LogP contribution in [0.15, 0.2) is 0 Å². The van der Waals surface area contributed by atoms with Gasteiger partial charge < -0.3 is 5.11 Å². The molecule has 37 heavy (non-hydrogen) atoms. The second kappa shape index (κ2) is 37.6. The number of hydrogen-bond donors (Lipinski definition) is 1. The van der Waals surface area contributed by atoms with Crippen molar-refractivity contribution >= 4 is 5.97 Å². The van der Waals surface area contributed by atoms with Gasteiger partial charge in [-0.05, 0) is 6.42 Å². The van der Waals surface area contributed by atoms with Gasteiger partial charge in [-0.25, -0.2) is 0 Å². The molecule has 0 aliphatic carbocycles. The van der Waals surface area contributed by atoms with Crippen molar-refractivity contribution in [2.45, 2.75) is 220 Å². The van der Waals surface area contributed by atoms with Gasteiger partial charge in [0.15, 0.2) is 0 Å². The third-order valence-electron chi connectivity index (χ3n) is 7.70. The lowest BCUT2D eigenvalue weighted by atomic mass is 10.0. The highest BCUT2D eigenvalue weighted by Gasteiger charge is 1.97. The molecule has 2 nitrogen and oxygen atoms in total. The van der Waals surface area contributed by atoms with Crippen LogP contribution in [0.5, 0.6) is 0 Å². The van der Waals surface area contributed by atoms with Crippen LogP contribution in [0, 0.1) is 0 Å². The molecule has 0 atom stereocenters. The Kier molecular flexibility index (Phi) is 39.3. The highest BCUT2D eigenvalue weighted by molar-refractivity contribution is 5.66. The molecular weight excluding hydrogens is 452 g/mol. The highest BCUT2D eigenvalue weighted by atomic mass is 16.4. The Morgan fingerprint density at radius 3 is 0.649 bits per heavy atom. The molecule has 0 aliphatic heterocycles. The SMILES string of the molecule is CCCCCCCCCCCCC.CCCCCCCCCCCCCCCCCCCCCC(=O)O. The predicted molar refractivity (Wildman–Crippen MR) is 168 cm³/mol. The molecule has 0 spiro atoms. The molecule has 0 saturated carbocycles. The van der Waals surface area contributed by atoms with Crippen LogP contribution in [0.4, 0.5) is 0 Å². The summed E-state index contributed by atoms with van der Waals surface area (Å²) in [4.78, 5) is 10.4. The fourth-order valence-electron chi connectivity index (χ4n) is 5.09. The number of rotatable bonds is 30. The van der Waals surface area contributed by atoms with Crippen LogP contribution in [0.25, 0.3) is 0 Å². The van der Waals surface area contributed by atoms with Crippen molar-refractivity contribution in [1.29, 1.82) is 0 Å². The van der Waals surface area contributed by atoms with E-state index in [1.165, 1.54) is 180 Å². The molecule has 0 rings (SSSR count). The Morgan fingerprint density at radius 2 is 0.486 bits per heavy atom. The van der Waals surface area contributed by atoms with E-state index in [0.717, 1.165) is 12.8 Å². The van der Waals surface area contributed by atoms with Crippen LogP contribution < -0.4 is 0 Å². The second-order valence-electron chi connectivity index (χ2n) is 11.7. The van der Waals surface area contributed by atoms with Crippen molar-refractivity contribution in [3.8, 4) is 0 Å². The third kappa shape index (κ3) is 42.8. The molecule has 0 fully saturated rings. The Morgan fingerprint density at radius 1 is 0.324 bits per heavy atom. The minimum atomic E-state index is -0.651. The number of carboxylic acid groups (broad SMARTS) is 1. The van der Waals surface area contributed by atoms with Gasteiger partial charge in [0.25, 0.3) is 0 Å². The predicted octanol–water partition coefficient (Wildman–Crippen LogP) is 13.2. The van der Waals surface area contributed by atoms with Crippen LogP contribution >= 0.6 is 0 Å². The average molecular weight is 525 g/mol. The van der Waals surface area contributed by atoms with E-state index in [2.05, 4.69) is 20.8 Å². The first-order valence-electron chi connectivity index (χ1n) is 17.4. The molecule has 0 unspecified atom stereocenters. The smallest absolute Gasteiger partial charge is 0.303 e. The first kappa shape index (κ1) is 38.6. The fourth-order valence-corrected chi connectivity index (χ4v) is 5.09. The number of unbranched alkanes of at least 4 members (excludes halogenated alkanes) is 28. The van der Waals surface area contributed by atoms with Crippen LogP contribution in [0.3, 0.4) is 0 Å². The minimum absolute atomic E-state index is 0.346. The van der Waals surface area contributed by atoms with E-state index in [-0.39, 0.29) is 0 Å². The molecule has 2 heteroatoms. The van der Waals surface area contributed by atoms with E-state index in [9.17, 15) is 4.79 Å². The maximum Gasteiger partial charge on any atom is 0.303 e. The van der Waals surface area contributed by atoms with E-state index in [1.807, 2.05) is 0 Å². The maximum atomic E-state index is 10.4. The quantitative estimate of drug-likeness (QED) is 0.0948. The van der Waals surface area contributed by atoms with Gasteiger partial charge in [-0.2, -0.15) is 0 Å². The lowest BCUT2D eigenvalue weighted by Crippen LogP contribution is -1.93. The zero-order valence-corrected chi connectivity index (χ0v) is 26.3. The van der Waals surface area contributed by atoms with Crippen LogP contribution in [0.1, 0.15) is 220 Å². The van der Waals surface area contributed by atoms with E-state index in [1.54, 1.807) is 0 Å². The molecule has 0 heterocycles. The van der Waals surface area contributed by atoms with Crippen molar-refractivity contribution in [3.05, 3.63) is 0 Å².